The van der Waals surface area contributed by atoms with Crippen molar-refractivity contribution in [3.8, 4) is 56.4 Å². The number of hydrogen-bond acceptors (Lipinski definition) is 3. The van der Waals surface area contributed by atoms with Crippen molar-refractivity contribution >= 4 is 43.1 Å². The van der Waals surface area contributed by atoms with Crippen molar-refractivity contribution in [2.24, 2.45) is 0 Å². The molecule has 0 atom stereocenters. The zero-order chi connectivity index (χ0) is 34.4. The Hall–Kier alpha value is -6.97. The number of hydrogen-bond donors (Lipinski definition) is 0. The molecule has 3 heteroatoms. The van der Waals surface area contributed by atoms with Crippen LogP contribution in [0.3, 0.4) is 0 Å². The van der Waals surface area contributed by atoms with Gasteiger partial charge in [0, 0.05) is 22.3 Å². The third-order valence-electron chi connectivity index (χ3n) is 10.1. The van der Waals surface area contributed by atoms with E-state index in [1.807, 2.05) is 24.3 Å². The van der Waals surface area contributed by atoms with E-state index in [9.17, 15) is 0 Å². The maximum absolute atomic E-state index is 5.23. The lowest BCUT2D eigenvalue weighted by molar-refractivity contribution is 1.07. The molecule has 9 aromatic carbocycles. The van der Waals surface area contributed by atoms with Gasteiger partial charge >= 0.3 is 0 Å². The molecule has 1 aromatic heterocycles. The summed E-state index contributed by atoms with van der Waals surface area (Å²) in [6.07, 6.45) is 0. The fraction of sp³-hybridized carbons (Fsp3) is 0. The van der Waals surface area contributed by atoms with Gasteiger partial charge in [0.1, 0.15) is 0 Å². The van der Waals surface area contributed by atoms with Crippen LogP contribution in [0.25, 0.3) is 99.5 Å². The van der Waals surface area contributed by atoms with E-state index in [1.54, 1.807) is 0 Å². The van der Waals surface area contributed by atoms with Gasteiger partial charge in [-0.15, -0.1) is 0 Å². The molecule has 10 rings (SSSR count). The third kappa shape index (κ3) is 5.10. The van der Waals surface area contributed by atoms with Crippen LogP contribution in [0.4, 0.5) is 0 Å². The van der Waals surface area contributed by atoms with Crippen LogP contribution in [0.2, 0.25) is 0 Å². The van der Waals surface area contributed by atoms with Crippen LogP contribution in [-0.2, 0) is 0 Å². The van der Waals surface area contributed by atoms with E-state index in [4.69, 9.17) is 15.0 Å². The summed E-state index contributed by atoms with van der Waals surface area (Å²) in [5.41, 5.74) is 7.39. The lowest BCUT2D eigenvalue weighted by Gasteiger charge is -2.16. The standard InChI is InChI=1S/C49H31N3/c1-3-13-32(14-4-1)33-23-25-36(26-24-33)48-50-47(35-16-5-2-6-17-35)51-49(52-48)44-30-27-34-15-7-8-18-38(34)46(44)37-28-29-43-41-21-10-9-19-39(41)40-20-11-12-22-42(40)45(43)31-37/h1-31H. The minimum atomic E-state index is 0.638. The van der Waals surface area contributed by atoms with E-state index in [0.717, 1.165) is 38.8 Å². The van der Waals surface area contributed by atoms with Crippen molar-refractivity contribution in [2.75, 3.05) is 0 Å². The van der Waals surface area contributed by atoms with Gasteiger partial charge < -0.3 is 0 Å². The highest BCUT2D eigenvalue weighted by Gasteiger charge is 2.19. The van der Waals surface area contributed by atoms with Crippen LogP contribution >= 0.6 is 0 Å². The molecular formula is C49H31N3. The van der Waals surface area contributed by atoms with Crippen LogP contribution in [0, 0.1) is 0 Å². The van der Waals surface area contributed by atoms with Gasteiger partial charge in [-0.05, 0) is 71.9 Å². The Morgan fingerprint density at radius 2 is 0.673 bits per heavy atom. The second kappa shape index (κ2) is 12.4. The Kier molecular flexibility index (Phi) is 7.14. The zero-order valence-electron chi connectivity index (χ0n) is 28.2. The summed E-state index contributed by atoms with van der Waals surface area (Å²) in [5.74, 6) is 1.92. The number of rotatable bonds is 5. The quantitative estimate of drug-likeness (QED) is 0.172. The summed E-state index contributed by atoms with van der Waals surface area (Å²) < 4.78 is 0. The van der Waals surface area contributed by atoms with Gasteiger partial charge in [-0.3, -0.25) is 0 Å². The van der Waals surface area contributed by atoms with Gasteiger partial charge in [-0.2, -0.15) is 0 Å². The molecule has 242 valence electrons. The molecule has 0 aliphatic heterocycles. The van der Waals surface area contributed by atoms with Crippen LogP contribution in [0.5, 0.6) is 0 Å². The Morgan fingerprint density at radius 3 is 1.31 bits per heavy atom. The van der Waals surface area contributed by atoms with Crippen LogP contribution in [0.15, 0.2) is 188 Å². The smallest absolute Gasteiger partial charge is 0.164 e. The van der Waals surface area contributed by atoms with E-state index in [0.29, 0.717) is 17.5 Å². The Balaban J connectivity index is 1.22. The van der Waals surface area contributed by atoms with Gasteiger partial charge in [0.2, 0.25) is 0 Å². The van der Waals surface area contributed by atoms with Crippen molar-refractivity contribution in [1.82, 2.24) is 15.0 Å². The molecule has 0 saturated carbocycles. The molecule has 1 heterocycles. The van der Waals surface area contributed by atoms with E-state index in [2.05, 4.69) is 164 Å². The molecule has 0 unspecified atom stereocenters. The van der Waals surface area contributed by atoms with Gasteiger partial charge in [0.25, 0.3) is 0 Å². The number of fused-ring (bicyclic) bond motifs is 7. The normalized spacial score (nSPS) is 11.5. The topological polar surface area (TPSA) is 38.7 Å². The van der Waals surface area contributed by atoms with Crippen LogP contribution in [-0.4, -0.2) is 15.0 Å². The zero-order valence-corrected chi connectivity index (χ0v) is 28.2. The third-order valence-corrected chi connectivity index (χ3v) is 10.1. The molecule has 0 N–H and O–H groups in total. The van der Waals surface area contributed by atoms with Crippen molar-refractivity contribution in [1.29, 1.82) is 0 Å². The average Bonchev–Trinajstić information content (AvgIpc) is 3.23. The SMILES string of the molecule is c1ccc(-c2ccc(-c3nc(-c4ccccc4)nc(-c4ccc5ccccc5c4-c4ccc5c6ccccc6c6ccccc6c5c4)n3)cc2)cc1. The number of benzene rings is 9. The predicted octanol–water partition coefficient (Wildman–Crippen LogP) is 12.8. The van der Waals surface area contributed by atoms with Crippen LogP contribution in [0.1, 0.15) is 0 Å². The van der Waals surface area contributed by atoms with E-state index < -0.39 is 0 Å². The average molecular weight is 662 g/mol. The molecule has 0 aliphatic rings. The van der Waals surface area contributed by atoms with Crippen molar-refractivity contribution < 1.29 is 0 Å². The molecule has 0 aliphatic carbocycles. The van der Waals surface area contributed by atoms with Crippen molar-refractivity contribution in [2.45, 2.75) is 0 Å². The maximum atomic E-state index is 5.23. The molecule has 0 amide bonds. The summed E-state index contributed by atoms with van der Waals surface area (Å²) in [6.45, 7) is 0. The lowest BCUT2D eigenvalue weighted by Crippen LogP contribution is -2.01. The van der Waals surface area contributed by atoms with Crippen LogP contribution < -0.4 is 0 Å². The summed E-state index contributed by atoms with van der Waals surface area (Å²) in [7, 11) is 0. The monoisotopic (exact) mass is 661 g/mol. The number of nitrogens with zero attached hydrogens (tertiary/aromatic N) is 3. The first-order chi connectivity index (χ1) is 25.8. The molecule has 0 bridgehead atoms. The van der Waals surface area contributed by atoms with Crippen molar-refractivity contribution in [3.63, 3.8) is 0 Å². The summed E-state index contributed by atoms with van der Waals surface area (Å²) in [4.78, 5) is 15.5. The maximum Gasteiger partial charge on any atom is 0.164 e. The predicted molar refractivity (Wildman–Crippen MR) is 217 cm³/mol. The molecule has 52 heavy (non-hydrogen) atoms. The summed E-state index contributed by atoms with van der Waals surface area (Å²) in [6, 6.07) is 66.4. The first-order valence-electron chi connectivity index (χ1n) is 17.6. The lowest BCUT2D eigenvalue weighted by atomic mass is 9.89. The first-order valence-corrected chi connectivity index (χ1v) is 17.6. The largest absolute Gasteiger partial charge is 0.208 e. The molecule has 10 aromatic rings. The molecule has 3 nitrogen and oxygen atoms in total. The van der Waals surface area contributed by atoms with Gasteiger partial charge in [-0.1, -0.05) is 176 Å². The number of aromatic nitrogens is 3. The van der Waals surface area contributed by atoms with Gasteiger partial charge in [0.05, 0.1) is 0 Å². The van der Waals surface area contributed by atoms with E-state index >= 15 is 0 Å². The van der Waals surface area contributed by atoms with E-state index in [1.165, 1.54) is 43.3 Å². The highest BCUT2D eigenvalue weighted by Crippen LogP contribution is 2.42. The molecule has 0 spiro atoms. The van der Waals surface area contributed by atoms with Crippen molar-refractivity contribution in [3.05, 3.63) is 188 Å². The summed E-state index contributed by atoms with van der Waals surface area (Å²) >= 11 is 0. The molecular weight excluding hydrogens is 631 g/mol. The Labute approximate surface area is 301 Å². The second-order valence-electron chi connectivity index (χ2n) is 13.2. The fourth-order valence-corrected chi connectivity index (χ4v) is 7.62. The fourth-order valence-electron chi connectivity index (χ4n) is 7.62. The summed E-state index contributed by atoms with van der Waals surface area (Å²) in [5, 5.41) is 9.82. The minimum Gasteiger partial charge on any atom is -0.208 e. The van der Waals surface area contributed by atoms with E-state index in [-0.39, 0.29) is 0 Å². The highest BCUT2D eigenvalue weighted by atomic mass is 15.0. The highest BCUT2D eigenvalue weighted by molar-refractivity contribution is 6.26. The van der Waals surface area contributed by atoms with Gasteiger partial charge in [0.15, 0.2) is 17.5 Å². The Bertz CT molecular complexity index is 2900. The minimum absolute atomic E-state index is 0.638. The molecule has 0 fully saturated rings. The first kappa shape index (κ1) is 29.9. The molecule has 0 radical (unpaired) electrons. The second-order valence-corrected chi connectivity index (χ2v) is 13.2. The molecule has 0 saturated heterocycles. The van der Waals surface area contributed by atoms with Gasteiger partial charge in [-0.25, -0.2) is 15.0 Å². The Morgan fingerprint density at radius 1 is 0.250 bits per heavy atom.